The van der Waals surface area contributed by atoms with Gasteiger partial charge in [-0.05, 0) is 66.7 Å². The second-order valence-electron chi connectivity index (χ2n) is 10.7. The highest BCUT2D eigenvalue weighted by molar-refractivity contribution is 6.46. The molecule has 1 aliphatic heterocycles. The van der Waals surface area contributed by atoms with E-state index in [0.29, 0.717) is 31.0 Å². The molecule has 37 heavy (non-hydrogen) atoms. The minimum Gasteiger partial charge on any atom is -0.507 e. The molecule has 1 N–H and O–H groups in total. The number of benzene rings is 2. The average Bonchev–Trinajstić information content (AvgIpc) is 3.12. The van der Waals surface area contributed by atoms with Crippen molar-refractivity contribution >= 4 is 17.4 Å². The van der Waals surface area contributed by atoms with E-state index in [4.69, 9.17) is 4.74 Å². The zero-order valence-electron chi connectivity index (χ0n) is 23.4. The van der Waals surface area contributed by atoms with Gasteiger partial charge in [-0.15, -0.1) is 0 Å². The Kier molecular flexibility index (Phi) is 9.19. The first-order chi connectivity index (χ1) is 17.5. The summed E-state index contributed by atoms with van der Waals surface area (Å²) in [5, 5.41) is 11.5. The SMILES string of the molecule is CCCOc1ccc(/C(O)=C2\C(=O)C(=O)N(CCN(CC)CC)C2c2ccc(C(C)(C)C)cc2)c(C)c1. The number of aliphatic hydroxyl groups is 1. The molecular formula is C31H42N2O4. The molecule has 1 saturated heterocycles. The van der Waals surface area contributed by atoms with Gasteiger partial charge in [-0.3, -0.25) is 9.59 Å². The van der Waals surface area contributed by atoms with E-state index < -0.39 is 17.7 Å². The van der Waals surface area contributed by atoms with Gasteiger partial charge < -0.3 is 19.6 Å². The average molecular weight is 507 g/mol. The van der Waals surface area contributed by atoms with Crippen molar-refractivity contribution in [2.45, 2.75) is 66.3 Å². The number of Topliss-reactive ketones (excluding diaryl/α,β-unsaturated/α-hetero) is 1. The van der Waals surface area contributed by atoms with E-state index >= 15 is 0 Å². The summed E-state index contributed by atoms with van der Waals surface area (Å²) in [7, 11) is 0. The van der Waals surface area contributed by atoms with Crippen LogP contribution in [0.15, 0.2) is 48.0 Å². The molecule has 0 saturated carbocycles. The van der Waals surface area contributed by atoms with Gasteiger partial charge in [0.05, 0.1) is 18.2 Å². The van der Waals surface area contributed by atoms with Gasteiger partial charge in [-0.25, -0.2) is 0 Å². The minimum absolute atomic E-state index is 0.0260. The topological polar surface area (TPSA) is 70.1 Å². The number of carbonyl (C=O) groups is 2. The third kappa shape index (κ3) is 6.24. The van der Waals surface area contributed by atoms with E-state index in [1.165, 1.54) is 0 Å². The minimum atomic E-state index is -0.653. The maximum absolute atomic E-state index is 13.4. The number of carbonyl (C=O) groups excluding carboxylic acids is 2. The molecular weight excluding hydrogens is 464 g/mol. The van der Waals surface area contributed by atoms with Crippen LogP contribution < -0.4 is 4.74 Å². The van der Waals surface area contributed by atoms with Crippen molar-refractivity contribution in [1.29, 1.82) is 0 Å². The first-order valence-corrected chi connectivity index (χ1v) is 13.4. The van der Waals surface area contributed by atoms with Crippen molar-refractivity contribution in [1.82, 2.24) is 9.80 Å². The molecule has 1 amide bonds. The van der Waals surface area contributed by atoms with Crippen LogP contribution in [0.3, 0.4) is 0 Å². The van der Waals surface area contributed by atoms with Crippen LogP contribution in [0.5, 0.6) is 5.75 Å². The summed E-state index contributed by atoms with van der Waals surface area (Å²) < 4.78 is 5.72. The number of hydrogen-bond acceptors (Lipinski definition) is 5. The predicted octanol–water partition coefficient (Wildman–Crippen LogP) is 5.84. The molecule has 2 aromatic carbocycles. The summed E-state index contributed by atoms with van der Waals surface area (Å²) in [5.41, 5.74) is 3.40. The Morgan fingerprint density at radius 1 is 1.03 bits per heavy atom. The smallest absolute Gasteiger partial charge is 0.295 e. The number of likely N-dealkylation sites (tertiary alicyclic amines) is 1. The number of aliphatic hydroxyl groups excluding tert-OH is 1. The Morgan fingerprint density at radius 3 is 2.22 bits per heavy atom. The number of ether oxygens (including phenoxy) is 1. The van der Waals surface area contributed by atoms with E-state index in [-0.39, 0.29) is 16.7 Å². The fraction of sp³-hybridized carbons (Fsp3) is 0.484. The van der Waals surface area contributed by atoms with Gasteiger partial charge in [0.2, 0.25) is 0 Å². The Hall–Kier alpha value is -3.12. The maximum atomic E-state index is 13.4. The third-order valence-electron chi connectivity index (χ3n) is 7.11. The monoisotopic (exact) mass is 506 g/mol. The molecule has 0 bridgehead atoms. The molecule has 1 aliphatic rings. The molecule has 6 heteroatoms. The van der Waals surface area contributed by atoms with Crippen molar-refractivity contribution in [3.05, 3.63) is 70.3 Å². The van der Waals surface area contributed by atoms with E-state index in [0.717, 1.165) is 36.2 Å². The lowest BCUT2D eigenvalue weighted by atomic mass is 9.85. The van der Waals surface area contributed by atoms with Crippen molar-refractivity contribution in [2.75, 3.05) is 32.8 Å². The van der Waals surface area contributed by atoms with Gasteiger partial charge in [0.25, 0.3) is 11.7 Å². The second-order valence-corrected chi connectivity index (χ2v) is 10.7. The Morgan fingerprint density at radius 2 is 1.68 bits per heavy atom. The molecule has 3 rings (SSSR count). The highest BCUT2D eigenvalue weighted by atomic mass is 16.5. The number of amides is 1. The van der Waals surface area contributed by atoms with Crippen molar-refractivity contribution in [2.24, 2.45) is 0 Å². The Labute approximate surface area is 221 Å². The number of ketones is 1. The molecule has 1 atom stereocenters. The highest BCUT2D eigenvalue weighted by Crippen LogP contribution is 2.40. The zero-order chi connectivity index (χ0) is 27.3. The van der Waals surface area contributed by atoms with Gasteiger partial charge in [-0.2, -0.15) is 0 Å². The fourth-order valence-corrected chi connectivity index (χ4v) is 4.77. The van der Waals surface area contributed by atoms with Crippen LogP contribution in [0.25, 0.3) is 5.76 Å². The number of rotatable bonds is 10. The van der Waals surface area contributed by atoms with Gasteiger partial charge >= 0.3 is 0 Å². The van der Waals surface area contributed by atoms with Gasteiger partial charge in [0.15, 0.2) is 0 Å². The Bertz CT molecular complexity index is 1140. The first-order valence-electron chi connectivity index (χ1n) is 13.4. The number of nitrogens with zero attached hydrogens (tertiary/aromatic N) is 2. The van der Waals surface area contributed by atoms with E-state index in [2.05, 4.69) is 39.5 Å². The third-order valence-corrected chi connectivity index (χ3v) is 7.11. The van der Waals surface area contributed by atoms with E-state index in [9.17, 15) is 14.7 Å². The van der Waals surface area contributed by atoms with Crippen molar-refractivity contribution in [3.8, 4) is 5.75 Å². The van der Waals surface area contributed by atoms with Gasteiger partial charge in [-0.1, -0.05) is 65.8 Å². The largest absolute Gasteiger partial charge is 0.507 e. The predicted molar refractivity (Wildman–Crippen MR) is 149 cm³/mol. The molecule has 0 radical (unpaired) electrons. The number of likely N-dealkylation sites (N-methyl/N-ethyl adjacent to an activating group) is 1. The molecule has 1 unspecified atom stereocenters. The molecule has 200 valence electrons. The molecule has 1 heterocycles. The Balaban J connectivity index is 2.10. The summed E-state index contributed by atoms with van der Waals surface area (Å²) >= 11 is 0. The standard InChI is InChI=1S/C31H42N2O4/c1-8-19-37-24-15-16-25(21(4)20-24)28(34)26-27(22-11-13-23(14-12-22)31(5,6)7)33(30(36)29(26)35)18-17-32(9-2)10-3/h11-16,20,27,34H,8-10,17-19H2,1-7H3/b28-26+. The fourth-order valence-electron chi connectivity index (χ4n) is 4.77. The van der Waals surface area contributed by atoms with Crippen LogP contribution in [-0.4, -0.2) is 59.4 Å². The first kappa shape index (κ1) is 28.5. The van der Waals surface area contributed by atoms with E-state index in [1.807, 2.05) is 44.2 Å². The van der Waals surface area contributed by atoms with Crippen molar-refractivity contribution in [3.63, 3.8) is 0 Å². The van der Waals surface area contributed by atoms with Gasteiger partial charge in [0, 0.05) is 18.7 Å². The normalized spacial score (nSPS) is 17.6. The molecule has 0 spiro atoms. The number of hydrogen-bond donors (Lipinski definition) is 1. The van der Waals surface area contributed by atoms with Crippen LogP contribution in [-0.2, 0) is 15.0 Å². The molecule has 6 nitrogen and oxygen atoms in total. The van der Waals surface area contributed by atoms with Gasteiger partial charge in [0.1, 0.15) is 11.5 Å². The lowest BCUT2D eigenvalue weighted by Crippen LogP contribution is -2.38. The number of aryl methyl sites for hydroxylation is 1. The quantitative estimate of drug-likeness (QED) is 0.249. The van der Waals surface area contributed by atoms with E-state index in [1.54, 1.807) is 17.0 Å². The van der Waals surface area contributed by atoms with Crippen LogP contribution in [0.2, 0.25) is 0 Å². The molecule has 0 aliphatic carbocycles. The van der Waals surface area contributed by atoms with Crippen molar-refractivity contribution < 1.29 is 19.4 Å². The maximum Gasteiger partial charge on any atom is 0.295 e. The molecule has 2 aromatic rings. The van der Waals surface area contributed by atoms with Crippen LogP contribution in [0.1, 0.15) is 76.3 Å². The van der Waals surface area contributed by atoms with Crippen LogP contribution >= 0.6 is 0 Å². The summed E-state index contributed by atoms with van der Waals surface area (Å²) in [6.45, 7) is 17.9. The lowest BCUT2D eigenvalue weighted by Gasteiger charge is -2.29. The summed E-state index contributed by atoms with van der Waals surface area (Å²) in [6.07, 6.45) is 0.895. The second kappa shape index (κ2) is 12.0. The molecule has 1 fully saturated rings. The lowest BCUT2D eigenvalue weighted by molar-refractivity contribution is -0.140. The molecule has 0 aromatic heterocycles. The highest BCUT2D eigenvalue weighted by Gasteiger charge is 2.46. The van der Waals surface area contributed by atoms with Crippen LogP contribution in [0.4, 0.5) is 0 Å². The summed E-state index contributed by atoms with van der Waals surface area (Å²) in [5.74, 6) is -0.648. The zero-order valence-corrected chi connectivity index (χ0v) is 23.4. The summed E-state index contributed by atoms with van der Waals surface area (Å²) in [6, 6.07) is 12.8. The van der Waals surface area contributed by atoms with Crippen LogP contribution in [0, 0.1) is 6.92 Å². The summed E-state index contributed by atoms with van der Waals surface area (Å²) in [4.78, 5) is 30.5.